The first kappa shape index (κ1) is 17.6. The van der Waals surface area contributed by atoms with Gasteiger partial charge in [0.05, 0.1) is 11.0 Å². The molecule has 2 rings (SSSR count). The molecule has 0 bridgehead atoms. The van der Waals surface area contributed by atoms with Gasteiger partial charge in [-0.2, -0.15) is 0 Å². The van der Waals surface area contributed by atoms with Gasteiger partial charge in [-0.25, -0.2) is 4.39 Å². The van der Waals surface area contributed by atoms with Crippen LogP contribution in [0.25, 0.3) is 11.0 Å². The second-order valence-corrected chi connectivity index (χ2v) is 7.11. The molecule has 126 valence electrons. The summed E-state index contributed by atoms with van der Waals surface area (Å²) in [5, 5.41) is 0. The molecular weight excluding hydrogens is 328 g/mol. The molecule has 0 saturated heterocycles. The topological polar surface area (TPSA) is 126 Å². The average Bonchev–Trinajstić information content (AvgIpc) is 2.44. The van der Waals surface area contributed by atoms with Crippen LogP contribution < -0.4 is 11.1 Å². The molecule has 10 heteroatoms. The Morgan fingerprint density at radius 3 is 2.43 bits per heavy atom. The van der Waals surface area contributed by atoms with Gasteiger partial charge in [0.2, 0.25) is 0 Å². The Bertz CT molecular complexity index is 887. The normalized spacial score (nSPS) is 13.7. The van der Waals surface area contributed by atoms with E-state index in [4.69, 9.17) is 0 Å². The highest BCUT2D eigenvalue weighted by molar-refractivity contribution is 7.52. The summed E-state index contributed by atoms with van der Waals surface area (Å²) in [6, 6.07) is 2.23. The van der Waals surface area contributed by atoms with Crippen LogP contribution in [0.5, 0.6) is 0 Å². The van der Waals surface area contributed by atoms with Gasteiger partial charge >= 0.3 is 18.7 Å². The fourth-order valence-corrected chi connectivity index (χ4v) is 2.99. The third kappa shape index (κ3) is 3.76. The maximum absolute atomic E-state index is 13.7. The van der Waals surface area contributed by atoms with Gasteiger partial charge in [-0.3, -0.25) is 19.1 Å². The minimum absolute atomic E-state index is 0.000972. The predicted octanol–water partition coefficient (Wildman–Crippen LogP) is 0.701. The van der Waals surface area contributed by atoms with E-state index in [1.807, 2.05) is 0 Å². The number of hydrogen-bond acceptors (Lipinski definition) is 4. The lowest BCUT2D eigenvalue weighted by molar-refractivity contribution is 0.225. The Morgan fingerprint density at radius 1 is 1.26 bits per heavy atom. The first-order valence-corrected chi connectivity index (χ1v) is 8.55. The molecule has 23 heavy (non-hydrogen) atoms. The van der Waals surface area contributed by atoms with Crippen LogP contribution in [0.1, 0.15) is 19.4 Å². The molecule has 0 aliphatic rings. The van der Waals surface area contributed by atoms with Gasteiger partial charge < -0.3 is 19.8 Å². The molecule has 1 heterocycles. The zero-order chi connectivity index (χ0) is 17.4. The van der Waals surface area contributed by atoms with Crippen LogP contribution in [0.15, 0.2) is 21.7 Å². The van der Waals surface area contributed by atoms with Gasteiger partial charge in [-0.1, -0.05) is 6.92 Å². The second-order valence-electron chi connectivity index (χ2n) is 5.18. The molecule has 1 atom stereocenters. The third-order valence-corrected chi connectivity index (χ3v) is 4.97. The van der Waals surface area contributed by atoms with Gasteiger partial charge in [0.1, 0.15) is 11.6 Å². The van der Waals surface area contributed by atoms with Crippen LogP contribution in [0.2, 0.25) is 0 Å². The number of benzene rings is 1. The van der Waals surface area contributed by atoms with Crippen molar-refractivity contribution in [3.63, 3.8) is 0 Å². The lowest BCUT2D eigenvalue weighted by Gasteiger charge is -2.28. The number of hydrogen-bond donors (Lipinski definition) is 4. The molecule has 2 aromatic rings. The number of H-pyrrole nitrogens is 2. The van der Waals surface area contributed by atoms with Gasteiger partial charge in [-0.05, 0) is 31.2 Å². The van der Waals surface area contributed by atoms with E-state index in [-0.39, 0.29) is 17.6 Å². The average molecular weight is 345 g/mol. The summed E-state index contributed by atoms with van der Waals surface area (Å²) in [5.74, 6) is -1.70. The summed E-state index contributed by atoms with van der Waals surface area (Å²) in [6.45, 7) is 3.38. The smallest absolute Gasteiger partial charge is 0.323 e. The van der Waals surface area contributed by atoms with Crippen molar-refractivity contribution in [3.05, 3.63) is 44.2 Å². The Labute approximate surface area is 130 Å². The number of aromatic nitrogens is 2. The van der Waals surface area contributed by atoms with E-state index >= 15 is 0 Å². The van der Waals surface area contributed by atoms with Crippen LogP contribution in [0.4, 0.5) is 4.39 Å². The molecular formula is C13H17FN3O5P. The minimum atomic E-state index is -4.35. The Kier molecular flexibility index (Phi) is 4.86. The summed E-state index contributed by atoms with van der Waals surface area (Å²) < 4.78 is 25.2. The zero-order valence-corrected chi connectivity index (χ0v) is 13.4. The molecule has 0 aliphatic heterocycles. The first-order chi connectivity index (χ1) is 10.6. The Morgan fingerprint density at radius 2 is 1.87 bits per heavy atom. The van der Waals surface area contributed by atoms with E-state index in [1.165, 1.54) is 11.8 Å². The standard InChI is InChI=1S/C13H17FN3O5P/c1-3-17(7(2)23(20,21)22)6-8-4-9(14)5-10-11(8)16-13(19)12(18)15-10/h4-5,7H,3,6H2,1-2H3,(H,15,18)(H,16,19)(H2,20,21,22). The van der Waals surface area contributed by atoms with E-state index in [2.05, 4.69) is 9.97 Å². The third-order valence-electron chi connectivity index (χ3n) is 3.67. The Hall–Kier alpha value is -1.80. The van der Waals surface area contributed by atoms with E-state index in [0.717, 1.165) is 12.1 Å². The number of rotatable bonds is 5. The zero-order valence-electron chi connectivity index (χ0n) is 12.5. The molecule has 0 saturated carbocycles. The van der Waals surface area contributed by atoms with Crippen LogP contribution in [0.3, 0.4) is 0 Å². The van der Waals surface area contributed by atoms with Crippen LogP contribution >= 0.6 is 7.60 Å². The van der Waals surface area contributed by atoms with Crippen molar-refractivity contribution in [2.45, 2.75) is 26.2 Å². The van der Waals surface area contributed by atoms with E-state index in [1.54, 1.807) is 6.92 Å². The molecule has 0 aliphatic carbocycles. The van der Waals surface area contributed by atoms with Crippen molar-refractivity contribution >= 4 is 18.6 Å². The molecule has 0 fully saturated rings. The van der Waals surface area contributed by atoms with E-state index in [0.29, 0.717) is 12.1 Å². The van der Waals surface area contributed by atoms with Gasteiger partial charge in [-0.15, -0.1) is 0 Å². The summed E-state index contributed by atoms with van der Waals surface area (Å²) in [5.41, 5.74) is -1.12. The molecule has 1 unspecified atom stereocenters. The van der Waals surface area contributed by atoms with Crippen molar-refractivity contribution in [1.29, 1.82) is 0 Å². The molecule has 0 radical (unpaired) electrons. The summed E-state index contributed by atoms with van der Waals surface area (Å²) in [6.07, 6.45) is 0. The molecule has 1 aromatic carbocycles. The van der Waals surface area contributed by atoms with Crippen LogP contribution in [-0.2, 0) is 11.1 Å². The summed E-state index contributed by atoms with van der Waals surface area (Å²) in [7, 11) is -4.35. The van der Waals surface area contributed by atoms with Crippen molar-refractivity contribution in [3.8, 4) is 0 Å². The number of aromatic amines is 2. The summed E-state index contributed by atoms with van der Waals surface area (Å²) >= 11 is 0. The monoisotopic (exact) mass is 345 g/mol. The first-order valence-electron chi connectivity index (χ1n) is 6.87. The molecule has 0 amide bonds. The van der Waals surface area contributed by atoms with E-state index in [9.17, 15) is 28.3 Å². The number of nitrogens with one attached hydrogen (secondary N) is 2. The van der Waals surface area contributed by atoms with Gasteiger partial charge in [0.25, 0.3) is 0 Å². The number of fused-ring (bicyclic) bond motifs is 1. The lowest BCUT2D eigenvalue weighted by Crippen LogP contribution is -2.33. The summed E-state index contributed by atoms with van der Waals surface area (Å²) in [4.78, 5) is 47.5. The molecule has 0 spiro atoms. The number of halogens is 1. The predicted molar refractivity (Wildman–Crippen MR) is 82.7 cm³/mol. The highest BCUT2D eigenvalue weighted by Crippen LogP contribution is 2.43. The van der Waals surface area contributed by atoms with Crippen molar-refractivity contribution in [1.82, 2.24) is 14.9 Å². The maximum atomic E-state index is 13.7. The van der Waals surface area contributed by atoms with E-state index < -0.39 is 30.3 Å². The van der Waals surface area contributed by atoms with Crippen molar-refractivity contribution in [2.75, 3.05) is 6.54 Å². The Balaban J connectivity index is 2.54. The fourth-order valence-electron chi connectivity index (χ4n) is 2.32. The van der Waals surface area contributed by atoms with Gasteiger partial charge in [0, 0.05) is 6.54 Å². The fraction of sp³-hybridized carbons (Fsp3) is 0.385. The lowest BCUT2D eigenvalue weighted by atomic mass is 10.1. The van der Waals surface area contributed by atoms with Crippen molar-refractivity contribution < 1.29 is 18.7 Å². The highest BCUT2D eigenvalue weighted by Gasteiger charge is 2.29. The SMILES string of the molecule is CCN(Cc1cc(F)cc2[nH]c(=O)c(=O)[nH]c12)C(C)P(=O)(O)O. The molecule has 4 N–H and O–H groups in total. The molecule has 1 aromatic heterocycles. The van der Waals surface area contributed by atoms with Gasteiger partial charge in [0.15, 0.2) is 0 Å². The molecule has 8 nitrogen and oxygen atoms in total. The quantitative estimate of drug-likeness (QED) is 0.467. The van der Waals surface area contributed by atoms with Crippen molar-refractivity contribution in [2.24, 2.45) is 0 Å². The van der Waals surface area contributed by atoms with Crippen LogP contribution in [0, 0.1) is 5.82 Å². The largest absolute Gasteiger partial charge is 0.342 e. The number of nitrogens with zero attached hydrogens (tertiary/aromatic N) is 1. The minimum Gasteiger partial charge on any atom is -0.323 e. The maximum Gasteiger partial charge on any atom is 0.342 e. The second kappa shape index (κ2) is 6.37. The highest BCUT2D eigenvalue weighted by atomic mass is 31.2. The van der Waals surface area contributed by atoms with Crippen LogP contribution in [-0.4, -0.2) is 37.0 Å².